The number of nitrogens with two attached hydrogens (primary N) is 1. The van der Waals surface area contributed by atoms with E-state index in [1.54, 1.807) is 11.5 Å². The molecule has 0 fully saturated rings. The van der Waals surface area contributed by atoms with Crippen LogP contribution in [0.2, 0.25) is 0 Å². The van der Waals surface area contributed by atoms with Crippen LogP contribution in [0, 0.1) is 21.3 Å². The maximum absolute atomic E-state index is 11.2. The van der Waals surface area contributed by atoms with Gasteiger partial charge in [-0.2, -0.15) is 10.5 Å². The number of carboxylic acid groups (broad SMARTS) is 1. The highest BCUT2D eigenvalue weighted by Gasteiger charge is 2.18. The average molecular weight is 307 g/mol. The Balaban J connectivity index is 3.10. The topological polar surface area (TPSA) is 128 Å². The van der Waals surface area contributed by atoms with Gasteiger partial charge in [0, 0.05) is 4.90 Å². The standard InChI is InChI=1S/C12H9N3O3S2/c13-5-19-9-2-7(1-8(4-9)12(17)18)3-10(11(15)16)20-6-14/h1-2,4,10H,3H2,(H2,15,16)(H,17,18). The first-order valence-electron chi connectivity index (χ1n) is 5.25. The molecule has 0 spiro atoms. The predicted molar refractivity (Wildman–Crippen MR) is 74.8 cm³/mol. The third-order valence-corrected chi connectivity index (χ3v) is 3.66. The first-order valence-corrected chi connectivity index (χ1v) is 6.94. The quantitative estimate of drug-likeness (QED) is 0.603. The minimum atomic E-state index is -1.13. The molecular formula is C12H9N3O3S2. The molecule has 0 aromatic heterocycles. The SMILES string of the molecule is N#CSc1cc(CC(SC#N)C(N)=O)cc(C(=O)O)c1. The molecule has 6 nitrogen and oxygen atoms in total. The summed E-state index contributed by atoms with van der Waals surface area (Å²) in [4.78, 5) is 22.7. The Morgan fingerprint density at radius 2 is 2.00 bits per heavy atom. The molecule has 1 atom stereocenters. The van der Waals surface area contributed by atoms with Crippen molar-refractivity contribution in [3.8, 4) is 10.8 Å². The van der Waals surface area contributed by atoms with Crippen molar-refractivity contribution in [1.29, 1.82) is 10.5 Å². The summed E-state index contributed by atoms with van der Waals surface area (Å²) in [7, 11) is 0. The van der Waals surface area contributed by atoms with E-state index in [-0.39, 0.29) is 12.0 Å². The third kappa shape index (κ3) is 4.50. The van der Waals surface area contributed by atoms with Crippen LogP contribution in [0.3, 0.4) is 0 Å². The van der Waals surface area contributed by atoms with Crippen molar-refractivity contribution in [1.82, 2.24) is 0 Å². The van der Waals surface area contributed by atoms with E-state index in [0.29, 0.717) is 10.5 Å². The maximum Gasteiger partial charge on any atom is 0.335 e. The van der Waals surface area contributed by atoms with Crippen LogP contribution in [0.15, 0.2) is 23.1 Å². The van der Waals surface area contributed by atoms with Gasteiger partial charge in [-0.3, -0.25) is 4.79 Å². The Hall–Kier alpha value is -2.16. The molecule has 102 valence electrons. The molecule has 0 radical (unpaired) electrons. The number of carbonyl (C=O) groups is 2. The van der Waals surface area contributed by atoms with Gasteiger partial charge in [0.2, 0.25) is 5.91 Å². The third-order valence-electron chi connectivity index (χ3n) is 2.31. The lowest BCUT2D eigenvalue weighted by molar-refractivity contribution is -0.117. The minimum absolute atomic E-state index is 0.0189. The Morgan fingerprint density at radius 3 is 2.50 bits per heavy atom. The molecule has 0 bridgehead atoms. The van der Waals surface area contributed by atoms with E-state index in [0.717, 1.165) is 23.5 Å². The van der Waals surface area contributed by atoms with Gasteiger partial charge in [-0.1, -0.05) is 0 Å². The van der Waals surface area contributed by atoms with Crippen molar-refractivity contribution < 1.29 is 14.7 Å². The van der Waals surface area contributed by atoms with Gasteiger partial charge in [0.15, 0.2) is 0 Å². The molecule has 1 aromatic carbocycles. The van der Waals surface area contributed by atoms with Crippen molar-refractivity contribution >= 4 is 35.4 Å². The van der Waals surface area contributed by atoms with Crippen LogP contribution in [0.4, 0.5) is 0 Å². The first-order chi connectivity index (χ1) is 9.47. The van der Waals surface area contributed by atoms with Crippen LogP contribution in [-0.2, 0) is 11.2 Å². The van der Waals surface area contributed by atoms with Crippen LogP contribution >= 0.6 is 23.5 Å². The van der Waals surface area contributed by atoms with Crippen LogP contribution in [-0.4, -0.2) is 22.2 Å². The molecule has 0 heterocycles. The largest absolute Gasteiger partial charge is 0.478 e. The number of thioether (sulfide) groups is 2. The lowest BCUT2D eigenvalue weighted by atomic mass is 10.1. The highest BCUT2D eigenvalue weighted by atomic mass is 32.2. The molecule has 0 aliphatic rings. The highest BCUT2D eigenvalue weighted by molar-refractivity contribution is 8.05. The molecule has 20 heavy (non-hydrogen) atoms. The van der Waals surface area contributed by atoms with Crippen molar-refractivity contribution in [3.63, 3.8) is 0 Å². The number of benzene rings is 1. The summed E-state index contributed by atoms with van der Waals surface area (Å²) in [6, 6.07) is 4.38. The van der Waals surface area contributed by atoms with E-state index in [4.69, 9.17) is 21.4 Å². The van der Waals surface area contributed by atoms with Crippen LogP contribution in [0.25, 0.3) is 0 Å². The molecule has 0 saturated carbocycles. The fourth-order valence-electron chi connectivity index (χ4n) is 1.49. The molecule has 0 aliphatic carbocycles. The molecule has 1 unspecified atom stereocenters. The van der Waals surface area contributed by atoms with Crippen molar-refractivity contribution in [3.05, 3.63) is 29.3 Å². The number of carboxylic acids is 1. The van der Waals surface area contributed by atoms with E-state index in [9.17, 15) is 9.59 Å². The lowest BCUT2D eigenvalue weighted by Crippen LogP contribution is -2.27. The van der Waals surface area contributed by atoms with Gasteiger partial charge in [0.05, 0.1) is 5.56 Å². The van der Waals surface area contributed by atoms with E-state index < -0.39 is 17.1 Å². The summed E-state index contributed by atoms with van der Waals surface area (Å²) in [6.45, 7) is 0. The maximum atomic E-state index is 11.2. The second kappa shape index (κ2) is 7.43. The zero-order chi connectivity index (χ0) is 15.1. The monoisotopic (exact) mass is 307 g/mol. The number of primary amides is 1. The summed E-state index contributed by atoms with van der Waals surface area (Å²) < 4.78 is 0. The van der Waals surface area contributed by atoms with E-state index >= 15 is 0 Å². The number of amides is 1. The summed E-state index contributed by atoms with van der Waals surface area (Å²) in [5, 5.41) is 29.1. The summed E-state index contributed by atoms with van der Waals surface area (Å²) in [5.74, 6) is -1.78. The van der Waals surface area contributed by atoms with Gasteiger partial charge in [0.1, 0.15) is 16.1 Å². The molecule has 0 saturated heterocycles. The van der Waals surface area contributed by atoms with Gasteiger partial charge < -0.3 is 10.8 Å². The van der Waals surface area contributed by atoms with Crippen LogP contribution in [0.1, 0.15) is 15.9 Å². The number of aromatic carboxylic acids is 1. The van der Waals surface area contributed by atoms with Gasteiger partial charge in [0.25, 0.3) is 0 Å². The van der Waals surface area contributed by atoms with Gasteiger partial charge in [-0.05, 0) is 53.7 Å². The predicted octanol–water partition coefficient (Wildman–Crippen LogP) is 1.57. The molecule has 8 heteroatoms. The smallest absolute Gasteiger partial charge is 0.335 e. The Bertz CT molecular complexity index is 619. The fourth-order valence-corrected chi connectivity index (χ4v) is 2.51. The van der Waals surface area contributed by atoms with Gasteiger partial charge in [-0.15, -0.1) is 0 Å². The Kier molecular flexibility index (Phi) is 5.91. The summed E-state index contributed by atoms with van der Waals surface area (Å²) >= 11 is 1.55. The van der Waals surface area contributed by atoms with Crippen molar-refractivity contribution in [2.75, 3.05) is 0 Å². The molecule has 1 amide bonds. The number of hydrogen-bond donors (Lipinski definition) is 2. The number of thiocyanates is 2. The molecule has 1 aromatic rings. The van der Waals surface area contributed by atoms with Gasteiger partial charge >= 0.3 is 5.97 Å². The molecule has 3 N–H and O–H groups in total. The number of rotatable bonds is 6. The minimum Gasteiger partial charge on any atom is -0.478 e. The van der Waals surface area contributed by atoms with Crippen LogP contribution < -0.4 is 5.73 Å². The average Bonchev–Trinajstić information content (AvgIpc) is 2.38. The van der Waals surface area contributed by atoms with Gasteiger partial charge in [-0.25, -0.2) is 4.79 Å². The van der Waals surface area contributed by atoms with E-state index in [1.165, 1.54) is 12.1 Å². The second-order valence-corrected chi connectivity index (χ2v) is 5.51. The highest BCUT2D eigenvalue weighted by Crippen LogP contribution is 2.23. The van der Waals surface area contributed by atoms with E-state index in [1.807, 2.05) is 5.40 Å². The number of hydrogen-bond acceptors (Lipinski definition) is 6. The molecular weight excluding hydrogens is 298 g/mol. The van der Waals surface area contributed by atoms with Crippen LogP contribution in [0.5, 0.6) is 0 Å². The zero-order valence-electron chi connectivity index (χ0n) is 10.1. The number of carbonyl (C=O) groups excluding carboxylic acids is 1. The van der Waals surface area contributed by atoms with E-state index in [2.05, 4.69) is 0 Å². The number of nitrogens with zero attached hydrogens (tertiary/aromatic N) is 2. The zero-order valence-corrected chi connectivity index (χ0v) is 11.7. The summed E-state index contributed by atoms with van der Waals surface area (Å²) in [6.07, 6.45) is 0.133. The molecule has 1 rings (SSSR count). The summed E-state index contributed by atoms with van der Waals surface area (Å²) in [5.41, 5.74) is 5.74. The Morgan fingerprint density at radius 1 is 1.30 bits per heavy atom. The van der Waals surface area contributed by atoms with Crippen molar-refractivity contribution in [2.45, 2.75) is 16.6 Å². The second-order valence-electron chi connectivity index (χ2n) is 3.67. The molecule has 0 aliphatic heterocycles. The number of nitriles is 2. The first kappa shape index (κ1) is 15.9. The fraction of sp³-hybridized carbons (Fsp3) is 0.167. The van der Waals surface area contributed by atoms with Crippen molar-refractivity contribution in [2.24, 2.45) is 5.73 Å². The normalized spacial score (nSPS) is 11.1. The lowest BCUT2D eigenvalue weighted by Gasteiger charge is -2.10. The Labute approximate surface area is 123 Å².